The maximum absolute atomic E-state index is 5.17. The number of hydrogen-bond acceptors (Lipinski definition) is 3. The molecule has 0 rings (SSSR count). The lowest BCUT2D eigenvalue weighted by molar-refractivity contribution is 0.664. The van der Waals surface area contributed by atoms with Gasteiger partial charge in [0, 0.05) is 6.54 Å². The van der Waals surface area contributed by atoms with Gasteiger partial charge in [0.25, 0.3) is 0 Å². The Morgan fingerprint density at radius 1 is 1.44 bits per heavy atom. The van der Waals surface area contributed by atoms with Crippen LogP contribution in [-0.2, 0) is 0 Å². The van der Waals surface area contributed by atoms with Gasteiger partial charge < -0.3 is 5.73 Å². The molecule has 0 bridgehead atoms. The van der Waals surface area contributed by atoms with Crippen LogP contribution in [0, 0.1) is 5.92 Å². The minimum absolute atomic E-state index is 0.662. The second-order valence-corrected chi connectivity index (χ2v) is 2.19. The lowest BCUT2D eigenvalue weighted by Crippen LogP contribution is -2.20. The van der Waals surface area contributed by atoms with E-state index in [1.807, 2.05) is 6.92 Å². The molecule has 3 heteroatoms. The Hall–Kier alpha value is -0.120. The molecule has 0 amide bonds. The molecule has 3 nitrogen and oxygen atoms in total. The van der Waals surface area contributed by atoms with Gasteiger partial charge in [-0.3, -0.25) is 11.3 Å². The largest absolute Gasteiger partial charge is 0.330 e. The lowest BCUT2D eigenvalue weighted by Gasteiger charge is -1.91. The molecule has 0 aliphatic rings. The van der Waals surface area contributed by atoms with Crippen molar-refractivity contribution < 1.29 is 0 Å². The van der Waals surface area contributed by atoms with Crippen molar-refractivity contribution in [3.8, 4) is 0 Å². The summed E-state index contributed by atoms with van der Waals surface area (Å²) in [7, 11) is 0. The fourth-order valence-electron chi connectivity index (χ4n) is 0. The Morgan fingerprint density at radius 2 is 1.67 bits per heavy atom. The molecule has 0 aliphatic carbocycles. The highest BCUT2D eigenvalue weighted by molar-refractivity contribution is 4.38. The third-order valence-electron chi connectivity index (χ3n) is 0.676. The van der Waals surface area contributed by atoms with Gasteiger partial charge in [-0.1, -0.05) is 20.8 Å². The first-order chi connectivity index (χ1) is 4.18. The molecule has 0 heterocycles. The van der Waals surface area contributed by atoms with Crippen LogP contribution in [0.5, 0.6) is 0 Å². The van der Waals surface area contributed by atoms with Crippen molar-refractivity contribution in [3.05, 3.63) is 0 Å². The molecule has 0 fully saturated rings. The molecular weight excluding hydrogens is 114 g/mol. The van der Waals surface area contributed by atoms with Crippen LogP contribution in [0.4, 0.5) is 0 Å². The third-order valence-corrected chi connectivity index (χ3v) is 0.676. The predicted molar refractivity (Wildman–Crippen MR) is 41.8 cm³/mol. The van der Waals surface area contributed by atoms with E-state index in [2.05, 4.69) is 19.3 Å². The van der Waals surface area contributed by atoms with Crippen molar-refractivity contribution in [1.29, 1.82) is 0 Å². The van der Waals surface area contributed by atoms with Gasteiger partial charge in [-0.2, -0.15) is 0 Å². The molecule has 0 aliphatic heterocycles. The summed E-state index contributed by atoms with van der Waals surface area (Å²) < 4.78 is 0. The van der Waals surface area contributed by atoms with Crippen molar-refractivity contribution in [2.75, 3.05) is 13.1 Å². The van der Waals surface area contributed by atoms with Crippen LogP contribution in [0.2, 0.25) is 0 Å². The molecule has 0 aromatic heterocycles. The van der Waals surface area contributed by atoms with Gasteiger partial charge in [0.05, 0.1) is 0 Å². The van der Waals surface area contributed by atoms with Crippen LogP contribution in [0.3, 0.4) is 0 Å². The zero-order chi connectivity index (χ0) is 7.70. The molecule has 0 unspecified atom stereocenters. The fourth-order valence-corrected chi connectivity index (χ4v) is 0. The van der Waals surface area contributed by atoms with Gasteiger partial charge in [0.15, 0.2) is 0 Å². The Balaban J connectivity index is 0. The van der Waals surface area contributed by atoms with E-state index in [1.54, 1.807) is 0 Å². The second kappa shape index (κ2) is 10.8. The number of nitrogens with two attached hydrogens (primary N) is 2. The van der Waals surface area contributed by atoms with E-state index < -0.39 is 0 Å². The maximum Gasteiger partial charge on any atom is 0.00689 e. The first-order valence-electron chi connectivity index (χ1n) is 3.32. The summed E-state index contributed by atoms with van der Waals surface area (Å²) in [6, 6.07) is 0. The van der Waals surface area contributed by atoms with Crippen LogP contribution in [-0.4, -0.2) is 13.1 Å². The van der Waals surface area contributed by atoms with Crippen molar-refractivity contribution in [2.24, 2.45) is 17.5 Å². The summed E-state index contributed by atoms with van der Waals surface area (Å²) in [5, 5.41) is 0. The molecule has 0 spiro atoms. The van der Waals surface area contributed by atoms with E-state index in [0.29, 0.717) is 5.92 Å². The molecule has 0 aromatic rings. The summed E-state index contributed by atoms with van der Waals surface area (Å²) in [6.45, 7) is 7.79. The minimum atomic E-state index is 0.662. The minimum Gasteiger partial charge on any atom is -0.330 e. The Morgan fingerprint density at radius 3 is 1.67 bits per heavy atom. The SMILES string of the molecule is CC(C)CN.CCNN. The van der Waals surface area contributed by atoms with Crippen molar-refractivity contribution >= 4 is 0 Å². The molecule has 0 aromatic carbocycles. The van der Waals surface area contributed by atoms with Gasteiger partial charge in [-0.15, -0.1) is 0 Å². The normalized spacial score (nSPS) is 8.67. The number of hydrogen-bond donors (Lipinski definition) is 3. The molecule has 58 valence electrons. The fraction of sp³-hybridized carbons (Fsp3) is 1.00. The summed E-state index contributed by atoms with van der Waals surface area (Å²) in [4.78, 5) is 0. The molecule has 0 saturated heterocycles. The van der Waals surface area contributed by atoms with E-state index in [9.17, 15) is 0 Å². The third kappa shape index (κ3) is 32.8. The average Bonchev–Trinajstić information content (AvgIpc) is 1.89. The Bertz CT molecular complexity index is 35.3. The quantitative estimate of drug-likeness (QED) is 0.369. The Labute approximate surface area is 57.8 Å². The Kier molecular flexibility index (Phi) is 14.0. The van der Waals surface area contributed by atoms with E-state index in [4.69, 9.17) is 11.6 Å². The smallest absolute Gasteiger partial charge is 0.00689 e. The van der Waals surface area contributed by atoms with Crippen molar-refractivity contribution in [3.63, 3.8) is 0 Å². The molecule has 0 radical (unpaired) electrons. The van der Waals surface area contributed by atoms with E-state index in [-0.39, 0.29) is 0 Å². The summed E-state index contributed by atoms with van der Waals surface area (Å²) in [5.41, 5.74) is 7.60. The predicted octanol–water partition coefficient (Wildman–Crippen LogP) is 0.0707. The van der Waals surface area contributed by atoms with E-state index in [1.165, 1.54) is 0 Å². The first kappa shape index (κ1) is 11.6. The van der Waals surface area contributed by atoms with Gasteiger partial charge in [0.1, 0.15) is 0 Å². The van der Waals surface area contributed by atoms with Crippen LogP contribution < -0.4 is 17.0 Å². The lowest BCUT2D eigenvalue weighted by atomic mass is 10.2. The van der Waals surface area contributed by atoms with Gasteiger partial charge in [-0.25, -0.2) is 0 Å². The van der Waals surface area contributed by atoms with Crippen LogP contribution in [0.25, 0.3) is 0 Å². The zero-order valence-electron chi connectivity index (χ0n) is 6.65. The number of hydrazine groups is 1. The highest BCUT2D eigenvalue weighted by atomic mass is 15.2. The highest BCUT2D eigenvalue weighted by Gasteiger charge is 1.80. The average molecular weight is 133 g/mol. The molecule has 0 saturated carbocycles. The van der Waals surface area contributed by atoms with Crippen molar-refractivity contribution in [2.45, 2.75) is 20.8 Å². The molecule has 0 atom stereocenters. The summed E-state index contributed by atoms with van der Waals surface area (Å²) in [5.74, 6) is 5.44. The summed E-state index contributed by atoms with van der Waals surface area (Å²) >= 11 is 0. The monoisotopic (exact) mass is 133 g/mol. The number of rotatable bonds is 2. The van der Waals surface area contributed by atoms with E-state index >= 15 is 0 Å². The summed E-state index contributed by atoms with van der Waals surface area (Å²) in [6.07, 6.45) is 0. The van der Waals surface area contributed by atoms with Crippen LogP contribution in [0.15, 0.2) is 0 Å². The second-order valence-electron chi connectivity index (χ2n) is 2.19. The van der Waals surface area contributed by atoms with E-state index in [0.717, 1.165) is 13.1 Å². The zero-order valence-corrected chi connectivity index (χ0v) is 6.65. The molecule has 5 N–H and O–H groups in total. The highest BCUT2D eigenvalue weighted by Crippen LogP contribution is 1.81. The molecular formula is C6H19N3. The van der Waals surface area contributed by atoms with Crippen LogP contribution in [0.1, 0.15) is 20.8 Å². The standard InChI is InChI=1S/C4H11N.C2H8N2/c1-4(2)3-5;1-2-4-3/h4H,3,5H2,1-2H3;4H,2-3H2,1H3. The number of nitrogens with one attached hydrogen (secondary N) is 1. The van der Waals surface area contributed by atoms with Gasteiger partial charge in [-0.05, 0) is 12.5 Å². The van der Waals surface area contributed by atoms with Gasteiger partial charge in [0.2, 0.25) is 0 Å². The van der Waals surface area contributed by atoms with Gasteiger partial charge >= 0.3 is 0 Å². The topological polar surface area (TPSA) is 64.1 Å². The maximum atomic E-state index is 5.17. The van der Waals surface area contributed by atoms with Crippen LogP contribution >= 0.6 is 0 Å². The molecule has 9 heavy (non-hydrogen) atoms. The first-order valence-corrected chi connectivity index (χ1v) is 3.32. The van der Waals surface area contributed by atoms with Crippen molar-refractivity contribution in [1.82, 2.24) is 5.43 Å².